The first kappa shape index (κ1) is 22.9. The van der Waals surface area contributed by atoms with Crippen LogP contribution in [0.25, 0.3) is 0 Å². The predicted octanol–water partition coefficient (Wildman–Crippen LogP) is 2.29. The first-order chi connectivity index (χ1) is 14.9. The zero-order valence-corrected chi connectivity index (χ0v) is 18.4. The van der Waals surface area contributed by atoms with Gasteiger partial charge in [0.1, 0.15) is 0 Å². The van der Waals surface area contributed by atoms with Gasteiger partial charge in [-0.15, -0.1) is 0 Å². The van der Waals surface area contributed by atoms with Gasteiger partial charge in [-0.3, -0.25) is 4.90 Å². The molecule has 10 heteroatoms. The van der Waals surface area contributed by atoms with Crippen LogP contribution in [0.4, 0.5) is 9.59 Å². The van der Waals surface area contributed by atoms with Crippen molar-refractivity contribution in [3.8, 4) is 0 Å². The van der Waals surface area contributed by atoms with Crippen LogP contribution in [-0.4, -0.2) is 73.8 Å². The van der Waals surface area contributed by atoms with E-state index in [9.17, 15) is 14.4 Å². The molecule has 2 aliphatic heterocycles. The molecule has 31 heavy (non-hydrogen) atoms. The lowest BCUT2D eigenvalue weighted by Crippen LogP contribution is -2.52. The Kier molecular flexibility index (Phi) is 7.75. The summed E-state index contributed by atoms with van der Waals surface area (Å²) in [6.45, 7) is 6.60. The van der Waals surface area contributed by atoms with Crippen LogP contribution in [0.5, 0.6) is 0 Å². The third-order valence-electron chi connectivity index (χ3n) is 5.13. The summed E-state index contributed by atoms with van der Waals surface area (Å²) in [7, 11) is 0. The highest BCUT2D eigenvalue weighted by Gasteiger charge is 2.35. The number of benzene rings is 1. The van der Waals surface area contributed by atoms with Gasteiger partial charge < -0.3 is 25.0 Å². The second kappa shape index (κ2) is 10.5. The molecule has 2 heterocycles. The monoisotopic (exact) mass is 450 g/mol. The van der Waals surface area contributed by atoms with E-state index in [1.807, 2.05) is 0 Å². The van der Waals surface area contributed by atoms with E-state index < -0.39 is 18.0 Å². The number of ether oxygens (including phenoxy) is 2. The topological polar surface area (TPSA) is 100 Å². The van der Waals surface area contributed by atoms with Gasteiger partial charge in [0.25, 0.3) is 0 Å². The van der Waals surface area contributed by atoms with Gasteiger partial charge in [0.2, 0.25) is 0 Å². The van der Waals surface area contributed by atoms with Gasteiger partial charge >= 0.3 is 18.1 Å². The summed E-state index contributed by atoms with van der Waals surface area (Å²) >= 11 is 5.99. The number of rotatable bonds is 6. The number of carbonyl (C=O) groups excluding carboxylic acids is 3. The number of nitrogens with zero attached hydrogens (tertiary/aromatic N) is 2. The highest BCUT2D eigenvalue weighted by molar-refractivity contribution is 6.30. The summed E-state index contributed by atoms with van der Waals surface area (Å²) < 4.78 is 10.3. The highest BCUT2D eigenvalue weighted by Crippen LogP contribution is 2.29. The second-order valence-electron chi connectivity index (χ2n) is 7.16. The molecule has 168 valence electrons. The molecule has 1 fully saturated rings. The fraction of sp³-hybridized carbons (Fsp3) is 0.476. The predicted molar refractivity (Wildman–Crippen MR) is 115 cm³/mol. The summed E-state index contributed by atoms with van der Waals surface area (Å²) in [4.78, 5) is 40.9. The minimum Gasteiger partial charge on any atom is -0.463 e. The van der Waals surface area contributed by atoms with Gasteiger partial charge in [0.15, 0.2) is 0 Å². The summed E-state index contributed by atoms with van der Waals surface area (Å²) in [5, 5.41) is 6.14. The average molecular weight is 451 g/mol. The number of piperazine rings is 1. The normalized spacial score (nSPS) is 19.5. The van der Waals surface area contributed by atoms with E-state index in [0.717, 1.165) is 5.56 Å². The average Bonchev–Trinajstić information content (AvgIpc) is 2.74. The molecule has 1 aromatic rings. The number of carbonyl (C=O) groups is 3. The van der Waals surface area contributed by atoms with Crippen molar-refractivity contribution >= 4 is 29.7 Å². The lowest BCUT2D eigenvalue weighted by atomic mass is 9.95. The van der Waals surface area contributed by atoms with Gasteiger partial charge in [-0.05, 0) is 31.5 Å². The minimum absolute atomic E-state index is 0.217. The molecule has 1 atom stereocenters. The molecule has 0 saturated carbocycles. The van der Waals surface area contributed by atoms with E-state index in [1.165, 1.54) is 0 Å². The number of nitrogens with one attached hydrogen (secondary N) is 2. The molecule has 0 unspecified atom stereocenters. The van der Waals surface area contributed by atoms with Gasteiger partial charge in [-0.1, -0.05) is 23.7 Å². The Morgan fingerprint density at radius 2 is 1.71 bits per heavy atom. The Morgan fingerprint density at radius 3 is 2.32 bits per heavy atom. The van der Waals surface area contributed by atoms with Crippen molar-refractivity contribution in [2.24, 2.45) is 0 Å². The summed E-state index contributed by atoms with van der Waals surface area (Å²) in [6.07, 6.45) is -0.327. The van der Waals surface area contributed by atoms with Crippen molar-refractivity contribution in [3.63, 3.8) is 0 Å². The molecule has 1 saturated heterocycles. The molecule has 2 aliphatic rings. The first-order valence-corrected chi connectivity index (χ1v) is 10.7. The van der Waals surface area contributed by atoms with Crippen molar-refractivity contribution in [2.75, 3.05) is 45.9 Å². The summed E-state index contributed by atoms with van der Waals surface area (Å²) in [5.74, 6) is -0.491. The van der Waals surface area contributed by atoms with E-state index >= 15 is 0 Å². The molecule has 3 rings (SSSR count). The van der Waals surface area contributed by atoms with Crippen molar-refractivity contribution in [1.29, 1.82) is 0 Å². The third kappa shape index (κ3) is 5.68. The lowest BCUT2D eigenvalue weighted by molar-refractivity contribution is -0.139. The van der Waals surface area contributed by atoms with Crippen LogP contribution in [0.1, 0.15) is 25.5 Å². The zero-order chi connectivity index (χ0) is 22.4. The Balaban J connectivity index is 1.82. The summed E-state index contributed by atoms with van der Waals surface area (Å²) in [6, 6.07) is 5.92. The van der Waals surface area contributed by atoms with E-state index in [-0.39, 0.29) is 12.7 Å². The number of hydrogen-bond donors (Lipinski definition) is 2. The molecule has 0 radical (unpaired) electrons. The standard InChI is InChI=1S/C21H27ClN4O5/c1-3-30-19(27)17-16(13-25-9-11-26(12-10-25)21(29)31-4-2)23-20(28)24-18(17)14-5-7-15(22)8-6-14/h5-8,18H,3-4,9-13H2,1-2H3,(H2,23,24,28)/t18-/m0/s1. The van der Waals surface area contributed by atoms with Crippen molar-refractivity contribution in [2.45, 2.75) is 19.9 Å². The quantitative estimate of drug-likeness (QED) is 0.645. The first-order valence-electron chi connectivity index (χ1n) is 10.3. The Morgan fingerprint density at radius 1 is 1.06 bits per heavy atom. The fourth-order valence-electron chi connectivity index (χ4n) is 3.62. The Bertz CT molecular complexity index is 850. The molecule has 3 amide bonds. The SMILES string of the molecule is CCOC(=O)C1=C(CN2CCN(C(=O)OCC)CC2)NC(=O)N[C@H]1c1ccc(Cl)cc1. The second-order valence-corrected chi connectivity index (χ2v) is 7.59. The van der Waals surface area contributed by atoms with Crippen LogP contribution in [0, 0.1) is 0 Å². The van der Waals surface area contributed by atoms with Crippen molar-refractivity contribution in [3.05, 3.63) is 46.1 Å². The molecule has 0 spiro atoms. The van der Waals surface area contributed by atoms with E-state index in [4.69, 9.17) is 21.1 Å². The van der Waals surface area contributed by atoms with E-state index in [1.54, 1.807) is 43.0 Å². The van der Waals surface area contributed by atoms with Gasteiger partial charge in [0.05, 0.1) is 24.8 Å². The van der Waals surface area contributed by atoms with Gasteiger partial charge in [-0.2, -0.15) is 0 Å². The van der Waals surface area contributed by atoms with Crippen molar-refractivity contribution < 1.29 is 23.9 Å². The van der Waals surface area contributed by atoms with Crippen LogP contribution in [0.2, 0.25) is 5.02 Å². The number of urea groups is 1. The smallest absolute Gasteiger partial charge is 0.409 e. The maximum absolute atomic E-state index is 12.8. The van der Waals surface area contributed by atoms with Gasteiger partial charge in [0, 0.05) is 43.4 Å². The number of amides is 3. The highest BCUT2D eigenvalue weighted by atomic mass is 35.5. The fourth-order valence-corrected chi connectivity index (χ4v) is 3.75. The van der Waals surface area contributed by atoms with Crippen LogP contribution >= 0.6 is 11.6 Å². The molecule has 9 nitrogen and oxygen atoms in total. The minimum atomic E-state index is -0.652. The zero-order valence-electron chi connectivity index (χ0n) is 17.7. The largest absolute Gasteiger partial charge is 0.463 e. The van der Waals surface area contributed by atoms with Crippen molar-refractivity contribution in [1.82, 2.24) is 20.4 Å². The maximum atomic E-state index is 12.8. The van der Waals surface area contributed by atoms with Crippen LogP contribution in [0.3, 0.4) is 0 Å². The van der Waals surface area contributed by atoms with Crippen LogP contribution in [-0.2, 0) is 14.3 Å². The molecular weight excluding hydrogens is 424 g/mol. The van der Waals surface area contributed by atoms with E-state index in [0.29, 0.717) is 55.6 Å². The van der Waals surface area contributed by atoms with E-state index in [2.05, 4.69) is 15.5 Å². The number of esters is 1. The van der Waals surface area contributed by atoms with Crippen LogP contribution in [0.15, 0.2) is 35.5 Å². The Labute approximate surface area is 186 Å². The molecule has 0 bridgehead atoms. The molecule has 0 aromatic heterocycles. The number of hydrogen-bond acceptors (Lipinski definition) is 6. The van der Waals surface area contributed by atoms with Gasteiger partial charge in [-0.25, -0.2) is 14.4 Å². The molecule has 0 aliphatic carbocycles. The number of halogens is 1. The maximum Gasteiger partial charge on any atom is 0.409 e. The van der Waals surface area contributed by atoms with Crippen LogP contribution < -0.4 is 10.6 Å². The molecule has 1 aromatic carbocycles. The lowest BCUT2D eigenvalue weighted by Gasteiger charge is -2.36. The molecular formula is C21H27ClN4O5. The molecule has 2 N–H and O–H groups in total. The third-order valence-corrected chi connectivity index (χ3v) is 5.38. The summed E-state index contributed by atoms with van der Waals surface area (Å²) in [5.41, 5.74) is 1.58. The Hall–Kier alpha value is -2.78.